The van der Waals surface area contributed by atoms with Gasteiger partial charge in [0.1, 0.15) is 5.82 Å². The van der Waals surface area contributed by atoms with Gasteiger partial charge in [0, 0.05) is 29.0 Å². The first kappa shape index (κ1) is 21.1. The molecule has 1 amide bonds. The van der Waals surface area contributed by atoms with E-state index in [0.717, 1.165) is 27.3 Å². The number of thiazole rings is 1. The fraction of sp³-hybridized carbons (Fsp3) is 0.182. The highest BCUT2D eigenvalue weighted by Crippen LogP contribution is 2.30. The van der Waals surface area contributed by atoms with Crippen LogP contribution in [0.1, 0.15) is 16.9 Å². The van der Waals surface area contributed by atoms with Gasteiger partial charge in [0.15, 0.2) is 15.7 Å². The number of rotatable bonds is 6. The number of benzene rings is 2. The molecule has 0 unspecified atom stereocenters. The van der Waals surface area contributed by atoms with Crippen molar-refractivity contribution >= 4 is 34.6 Å². The number of nitrogens with zero attached hydrogens (tertiary/aromatic N) is 3. The highest BCUT2D eigenvalue weighted by molar-refractivity contribution is 7.71. The molecule has 0 saturated heterocycles. The molecule has 0 radical (unpaired) electrons. The number of hydrogen-bond donors (Lipinski definition) is 2. The van der Waals surface area contributed by atoms with Gasteiger partial charge in [-0.2, -0.15) is 5.10 Å². The molecule has 4 rings (SSSR count). The average Bonchev–Trinajstić information content (AvgIpc) is 3.29. The quantitative estimate of drug-likeness (QED) is 0.377. The Morgan fingerprint density at radius 2 is 1.97 bits per heavy atom. The van der Waals surface area contributed by atoms with E-state index in [9.17, 15) is 9.18 Å². The minimum Gasteiger partial charge on any atom is -0.302 e. The van der Waals surface area contributed by atoms with Gasteiger partial charge >= 0.3 is 0 Å². The summed E-state index contributed by atoms with van der Waals surface area (Å²) in [6, 6.07) is 14.1. The fourth-order valence-corrected chi connectivity index (χ4v) is 4.33. The third-order valence-corrected chi connectivity index (χ3v) is 5.96. The van der Waals surface area contributed by atoms with Gasteiger partial charge in [-0.3, -0.25) is 14.5 Å². The zero-order chi connectivity index (χ0) is 22.0. The first-order valence-corrected chi connectivity index (χ1v) is 10.9. The van der Waals surface area contributed by atoms with Crippen molar-refractivity contribution in [1.82, 2.24) is 19.7 Å². The molecular weight excluding hydrogens is 433 g/mol. The van der Waals surface area contributed by atoms with Crippen LogP contribution in [0, 0.1) is 24.4 Å². The summed E-state index contributed by atoms with van der Waals surface area (Å²) < 4.78 is 15.5. The first-order chi connectivity index (χ1) is 14.9. The van der Waals surface area contributed by atoms with Crippen LogP contribution >= 0.6 is 23.6 Å². The van der Waals surface area contributed by atoms with Gasteiger partial charge in [0.05, 0.1) is 5.69 Å². The summed E-state index contributed by atoms with van der Waals surface area (Å²) >= 11 is 6.73. The van der Waals surface area contributed by atoms with Gasteiger partial charge in [-0.15, -0.1) is 11.3 Å². The zero-order valence-electron chi connectivity index (χ0n) is 17.0. The van der Waals surface area contributed by atoms with Gasteiger partial charge < -0.3 is 5.32 Å². The average molecular weight is 454 g/mol. The van der Waals surface area contributed by atoms with Crippen molar-refractivity contribution in [1.29, 1.82) is 0 Å². The summed E-state index contributed by atoms with van der Waals surface area (Å²) in [5, 5.41) is 10.5. The van der Waals surface area contributed by atoms with Gasteiger partial charge in [-0.25, -0.2) is 9.37 Å². The number of carbonyl (C=O) groups is 1. The maximum absolute atomic E-state index is 13.2. The van der Waals surface area contributed by atoms with E-state index in [2.05, 4.69) is 20.5 Å². The van der Waals surface area contributed by atoms with Crippen molar-refractivity contribution in [3.05, 3.63) is 69.6 Å². The predicted octanol–water partition coefficient (Wildman–Crippen LogP) is 5.52. The number of carbonyl (C=O) groups excluding carboxylic acids is 1. The lowest BCUT2D eigenvalue weighted by Crippen LogP contribution is -2.15. The molecular formula is C22H20FN5OS2. The maximum Gasteiger partial charge on any atom is 0.227 e. The molecule has 2 heterocycles. The lowest BCUT2D eigenvalue weighted by Gasteiger charge is -2.07. The molecule has 0 fully saturated rings. The summed E-state index contributed by atoms with van der Waals surface area (Å²) in [5.41, 5.74) is 3.60. The Morgan fingerprint density at radius 1 is 1.19 bits per heavy atom. The van der Waals surface area contributed by atoms with E-state index in [0.29, 0.717) is 22.3 Å². The van der Waals surface area contributed by atoms with Crippen molar-refractivity contribution < 1.29 is 9.18 Å². The number of aryl methyl sites for hydroxylation is 2. The molecule has 158 valence electrons. The van der Waals surface area contributed by atoms with Crippen LogP contribution in [0.15, 0.2) is 48.5 Å². The van der Waals surface area contributed by atoms with Crippen LogP contribution in [-0.2, 0) is 11.3 Å². The molecule has 2 aromatic heterocycles. The van der Waals surface area contributed by atoms with E-state index in [1.165, 1.54) is 23.5 Å². The van der Waals surface area contributed by atoms with Gasteiger partial charge in [-0.1, -0.05) is 23.8 Å². The lowest BCUT2D eigenvalue weighted by atomic mass is 10.1. The SMILES string of the molecule is Cc1cccc(-c2n[nH]c(=S)n2CCC(=O)Nc2nc(-c3ccc(F)cc3)c(C)s2)c1. The minimum absolute atomic E-state index is 0.169. The number of anilines is 1. The van der Waals surface area contributed by atoms with Crippen LogP contribution in [0.4, 0.5) is 9.52 Å². The molecule has 9 heteroatoms. The smallest absolute Gasteiger partial charge is 0.227 e. The van der Waals surface area contributed by atoms with E-state index >= 15 is 0 Å². The number of H-pyrrole nitrogens is 1. The Kier molecular flexibility index (Phi) is 6.06. The molecule has 2 N–H and O–H groups in total. The Labute approximate surface area is 187 Å². The van der Waals surface area contributed by atoms with Crippen molar-refractivity contribution in [2.45, 2.75) is 26.8 Å². The topological polar surface area (TPSA) is 75.6 Å². The lowest BCUT2D eigenvalue weighted by molar-refractivity contribution is -0.116. The molecule has 6 nitrogen and oxygen atoms in total. The standard InChI is InChI=1S/C22H20FN5OS2/c1-13-4-3-5-16(12-13)20-26-27-22(30)28(20)11-10-18(29)24-21-25-19(14(2)31-21)15-6-8-17(23)9-7-15/h3-9,12H,10-11H2,1-2H3,(H,27,30)(H,24,25,29). The van der Waals surface area contributed by atoms with E-state index in [1.807, 2.05) is 42.7 Å². The number of aromatic amines is 1. The minimum atomic E-state index is -0.298. The normalized spacial score (nSPS) is 10.9. The Hall–Kier alpha value is -3.17. The Bertz CT molecular complexity index is 1290. The zero-order valence-corrected chi connectivity index (χ0v) is 18.6. The summed E-state index contributed by atoms with van der Waals surface area (Å²) in [7, 11) is 0. The second-order valence-electron chi connectivity index (χ2n) is 7.10. The maximum atomic E-state index is 13.2. The molecule has 0 atom stereocenters. The molecule has 0 bridgehead atoms. The molecule has 2 aromatic carbocycles. The molecule has 0 aliphatic rings. The van der Waals surface area contributed by atoms with E-state index in [1.54, 1.807) is 12.1 Å². The van der Waals surface area contributed by atoms with Crippen LogP contribution < -0.4 is 5.32 Å². The predicted molar refractivity (Wildman–Crippen MR) is 123 cm³/mol. The molecule has 0 aliphatic heterocycles. The number of amides is 1. The van der Waals surface area contributed by atoms with Crippen molar-refractivity contribution in [2.24, 2.45) is 0 Å². The number of hydrogen-bond acceptors (Lipinski definition) is 5. The van der Waals surface area contributed by atoms with Crippen molar-refractivity contribution in [2.75, 3.05) is 5.32 Å². The number of aromatic nitrogens is 4. The summed E-state index contributed by atoms with van der Waals surface area (Å²) in [6.07, 6.45) is 0.219. The largest absolute Gasteiger partial charge is 0.302 e. The molecule has 4 aromatic rings. The van der Waals surface area contributed by atoms with E-state index < -0.39 is 0 Å². The Balaban J connectivity index is 1.45. The monoisotopic (exact) mass is 453 g/mol. The van der Waals surface area contributed by atoms with Crippen molar-refractivity contribution in [3.63, 3.8) is 0 Å². The van der Waals surface area contributed by atoms with Crippen LogP contribution in [0.3, 0.4) is 0 Å². The van der Waals surface area contributed by atoms with Gasteiger partial charge in [-0.05, 0) is 56.4 Å². The van der Waals surface area contributed by atoms with Crippen LogP contribution in [0.2, 0.25) is 0 Å². The van der Waals surface area contributed by atoms with Crippen LogP contribution in [-0.4, -0.2) is 25.7 Å². The van der Waals surface area contributed by atoms with Crippen LogP contribution in [0.5, 0.6) is 0 Å². The summed E-state index contributed by atoms with van der Waals surface area (Å²) in [4.78, 5) is 18.0. The first-order valence-electron chi connectivity index (χ1n) is 9.66. The molecule has 31 heavy (non-hydrogen) atoms. The second kappa shape index (κ2) is 8.91. The third-order valence-electron chi connectivity index (χ3n) is 4.76. The second-order valence-corrected chi connectivity index (χ2v) is 8.69. The fourth-order valence-electron chi connectivity index (χ4n) is 3.25. The third kappa shape index (κ3) is 4.78. The highest BCUT2D eigenvalue weighted by Gasteiger charge is 2.14. The summed E-state index contributed by atoms with van der Waals surface area (Å²) in [5.74, 6) is 0.232. The van der Waals surface area contributed by atoms with Gasteiger partial charge in [0.2, 0.25) is 5.91 Å². The number of halogens is 1. The van der Waals surface area contributed by atoms with E-state index in [-0.39, 0.29) is 18.1 Å². The van der Waals surface area contributed by atoms with Crippen molar-refractivity contribution in [3.8, 4) is 22.6 Å². The molecule has 0 spiro atoms. The van der Waals surface area contributed by atoms with Gasteiger partial charge in [0.25, 0.3) is 0 Å². The number of nitrogens with one attached hydrogen (secondary N) is 2. The van der Waals surface area contributed by atoms with E-state index in [4.69, 9.17) is 12.2 Å². The Morgan fingerprint density at radius 3 is 2.71 bits per heavy atom. The molecule has 0 saturated carbocycles. The van der Waals surface area contributed by atoms with Crippen LogP contribution in [0.25, 0.3) is 22.6 Å². The molecule has 0 aliphatic carbocycles. The highest BCUT2D eigenvalue weighted by atomic mass is 32.1. The summed E-state index contributed by atoms with van der Waals surface area (Å²) in [6.45, 7) is 4.32.